The summed E-state index contributed by atoms with van der Waals surface area (Å²) in [6.45, 7) is 5.07. The third-order valence-corrected chi connectivity index (χ3v) is 3.29. The van der Waals surface area contributed by atoms with Crippen molar-refractivity contribution < 1.29 is 28.9 Å². The van der Waals surface area contributed by atoms with Gasteiger partial charge in [-0.3, -0.25) is 0 Å². The van der Waals surface area contributed by atoms with E-state index in [1.54, 1.807) is 20.8 Å². The molecule has 0 aromatic heterocycles. The molecular weight excluding hydrogens is 370 g/mol. The lowest BCUT2D eigenvalue weighted by atomic mass is 10.1. The summed E-state index contributed by atoms with van der Waals surface area (Å²) in [6.07, 6.45) is -0.823. The van der Waals surface area contributed by atoms with Crippen LogP contribution in [0.3, 0.4) is 0 Å². The van der Waals surface area contributed by atoms with E-state index in [1.165, 1.54) is 26.4 Å². The van der Waals surface area contributed by atoms with Gasteiger partial charge in [-0.1, -0.05) is 0 Å². The van der Waals surface area contributed by atoms with E-state index in [4.69, 9.17) is 14.2 Å². The first-order chi connectivity index (χ1) is 10.6. The van der Waals surface area contributed by atoms with Crippen molar-refractivity contribution in [2.45, 2.75) is 32.4 Å². The smallest absolute Gasteiger partial charge is 0.408 e. The number of alkyl carbamates (subject to hydrolysis) is 1. The number of hydrogen-bond acceptors (Lipinski definition) is 5. The number of benzene rings is 1. The Bertz CT molecular complexity index is 596. The van der Waals surface area contributed by atoms with Crippen LogP contribution in [0.25, 0.3) is 0 Å². The third-order valence-electron chi connectivity index (χ3n) is 2.70. The molecule has 0 radical (unpaired) electrons. The van der Waals surface area contributed by atoms with Crippen LogP contribution >= 0.6 is 15.9 Å². The van der Waals surface area contributed by atoms with Crippen molar-refractivity contribution in [1.29, 1.82) is 0 Å². The summed E-state index contributed by atoms with van der Waals surface area (Å²) in [5.41, 5.74) is -0.418. The molecule has 128 valence electrons. The first kappa shape index (κ1) is 19.1. The van der Waals surface area contributed by atoms with Gasteiger partial charge >= 0.3 is 12.1 Å². The Hall–Kier alpha value is -1.96. The minimum Gasteiger partial charge on any atom is -0.493 e. The number of rotatable bonds is 5. The molecule has 0 fully saturated rings. The number of carboxylic acid groups (broad SMARTS) is 1. The van der Waals surface area contributed by atoms with Gasteiger partial charge in [0.05, 0.1) is 18.7 Å². The molecule has 0 saturated carbocycles. The summed E-state index contributed by atoms with van der Waals surface area (Å²) in [7, 11) is 2.90. The molecule has 8 heteroatoms. The van der Waals surface area contributed by atoms with Gasteiger partial charge in [-0.15, -0.1) is 0 Å². The van der Waals surface area contributed by atoms with Gasteiger partial charge in [0.1, 0.15) is 5.60 Å². The number of aliphatic carboxylic acids is 1. The number of methoxy groups -OCH3 is 2. The molecule has 0 aliphatic carbocycles. The van der Waals surface area contributed by atoms with Crippen LogP contribution in [0.5, 0.6) is 11.5 Å². The van der Waals surface area contributed by atoms with E-state index in [9.17, 15) is 14.7 Å². The monoisotopic (exact) mass is 389 g/mol. The average Bonchev–Trinajstić information content (AvgIpc) is 2.41. The Morgan fingerprint density at radius 2 is 1.83 bits per heavy atom. The molecule has 1 rings (SSSR count). The molecule has 0 aliphatic rings. The SMILES string of the molecule is COc1cc([C@H](NC(=O)OC(C)(C)C)C(=O)O)cc(Br)c1OC. The number of carbonyl (C=O) groups excluding carboxylic acids is 1. The molecule has 1 amide bonds. The largest absolute Gasteiger partial charge is 0.493 e. The fourth-order valence-electron chi connectivity index (χ4n) is 1.82. The van der Waals surface area contributed by atoms with Gasteiger partial charge in [-0.05, 0) is 54.4 Å². The Labute approximate surface area is 143 Å². The highest BCUT2D eigenvalue weighted by molar-refractivity contribution is 9.10. The maximum Gasteiger partial charge on any atom is 0.408 e. The van der Waals surface area contributed by atoms with Crippen molar-refractivity contribution in [2.24, 2.45) is 0 Å². The van der Waals surface area contributed by atoms with Crippen LogP contribution in [0, 0.1) is 0 Å². The highest BCUT2D eigenvalue weighted by Gasteiger charge is 2.27. The summed E-state index contributed by atoms with van der Waals surface area (Å²) in [6, 6.07) is 1.73. The van der Waals surface area contributed by atoms with Gasteiger partial charge < -0.3 is 24.6 Å². The van der Waals surface area contributed by atoms with Crippen LogP contribution < -0.4 is 14.8 Å². The molecule has 7 nitrogen and oxygen atoms in total. The molecular formula is C15H20BrNO6. The van der Waals surface area contributed by atoms with Gasteiger partial charge in [0.15, 0.2) is 17.5 Å². The van der Waals surface area contributed by atoms with Crippen LogP contribution in [0.15, 0.2) is 16.6 Å². The number of hydrogen-bond donors (Lipinski definition) is 2. The van der Waals surface area contributed by atoms with Crippen molar-refractivity contribution in [1.82, 2.24) is 5.32 Å². The number of nitrogens with one attached hydrogen (secondary N) is 1. The number of amides is 1. The van der Waals surface area contributed by atoms with Crippen LogP contribution in [0.1, 0.15) is 32.4 Å². The van der Waals surface area contributed by atoms with Crippen LogP contribution in [-0.2, 0) is 9.53 Å². The predicted molar refractivity (Wildman–Crippen MR) is 87.0 cm³/mol. The predicted octanol–water partition coefficient (Wildman–Crippen LogP) is 3.12. The Balaban J connectivity index is 3.14. The zero-order valence-electron chi connectivity index (χ0n) is 13.6. The zero-order valence-corrected chi connectivity index (χ0v) is 15.2. The van der Waals surface area contributed by atoms with Gasteiger partial charge in [-0.2, -0.15) is 0 Å². The van der Waals surface area contributed by atoms with Crippen molar-refractivity contribution >= 4 is 28.0 Å². The van der Waals surface area contributed by atoms with Gasteiger partial charge in [0.2, 0.25) is 0 Å². The topological polar surface area (TPSA) is 94.1 Å². The molecule has 0 unspecified atom stereocenters. The van der Waals surface area contributed by atoms with E-state index in [0.717, 1.165) is 0 Å². The lowest BCUT2D eigenvalue weighted by Gasteiger charge is -2.22. The summed E-state index contributed by atoms with van der Waals surface area (Å²) in [5.74, 6) is -0.457. The van der Waals surface area contributed by atoms with E-state index in [2.05, 4.69) is 21.2 Å². The van der Waals surface area contributed by atoms with Crippen molar-refractivity contribution in [3.8, 4) is 11.5 Å². The van der Waals surface area contributed by atoms with Crippen LogP contribution in [0.2, 0.25) is 0 Å². The molecule has 0 saturated heterocycles. The van der Waals surface area contributed by atoms with Crippen molar-refractivity contribution in [3.05, 3.63) is 22.2 Å². The molecule has 1 atom stereocenters. The zero-order chi connectivity index (χ0) is 17.8. The maximum absolute atomic E-state index is 11.8. The summed E-state index contributed by atoms with van der Waals surface area (Å²) in [5, 5.41) is 11.7. The van der Waals surface area contributed by atoms with Gasteiger partial charge in [-0.25, -0.2) is 9.59 Å². The number of carbonyl (C=O) groups is 2. The molecule has 1 aromatic carbocycles. The fourth-order valence-corrected chi connectivity index (χ4v) is 2.44. The van der Waals surface area contributed by atoms with Crippen LogP contribution in [0.4, 0.5) is 4.79 Å². The molecule has 23 heavy (non-hydrogen) atoms. The number of halogens is 1. The Kier molecular flexibility index (Phi) is 6.26. The minimum absolute atomic E-state index is 0.313. The number of ether oxygens (including phenoxy) is 3. The van der Waals surface area contributed by atoms with Gasteiger partial charge in [0, 0.05) is 0 Å². The molecule has 0 spiro atoms. The van der Waals surface area contributed by atoms with E-state index in [0.29, 0.717) is 21.5 Å². The molecule has 1 aromatic rings. The molecule has 2 N–H and O–H groups in total. The summed E-state index contributed by atoms with van der Waals surface area (Å²) in [4.78, 5) is 23.4. The lowest BCUT2D eigenvalue weighted by Crippen LogP contribution is -2.38. The minimum atomic E-state index is -1.29. The molecule has 0 bridgehead atoms. The van der Waals surface area contributed by atoms with E-state index >= 15 is 0 Å². The van der Waals surface area contributed by atoms with E-state index in [1.807, 2.05) is 0 Å². The quantitative estimate of drug-likeness (QED) is 0.803. The van der Waals surface area contributed by atoms with Crippen molar-refractivity contribution in [3.63, 3.8) is 0 Å². The van der Waals surface area contributed by atoms with Crippen LogP contribution in [-0.4, -0.2) is 37.0 Å². The summed E-state index contributed by atoms with van der Waals surface area (Å²) >= 11 is 3.29. The molecule has 0 heterocycles. The standard InChI is InChI=1S/C15H20BrNO6/c1-15(2,3)23-14(20)17-11(13(18)19)8-6-9(16)12(22-5)10(7-8)21-4/h6-7,11H,1-5H3,(H,17,20)(H,18,19)/t11-/m0/s1. The lowest BCUT2D eigenvalue weighted by molar-refractivity contribution is -0.139. The first-order valence-corrected chi connectivity index (χ1v) is 7.52. The van der Waals surface area contributed by atoms with Gasteiger partial charge in [0.25, 0.3) is 0 Å². The molecule has 0 aliphatic heterocycles. The Morgan fingerprint density at radius 1 is 1.22 bits per heavy atom. The average molecular weight is 390 g/mol. The second kappa shape index (κ2) is 7.54. The summed E-state index contributed by atoms with van der Waals surface area (Å²) < 4.78 is 16.0. The highest BCUT2D eigenvalue weighted by Crippen LogP contribution is 2.38. The second-order valence-electron chi connectivity index (χ2n) is 5.66. The van der Waals surface area contributed by atoms with E-state index in [-0.39, 0.29) is 0 Å². The Morgan fingerprint density at radius 3 is 2.26 bits per heavy atom. The van der Waals surface area contributed by atoms with E-state index < -0.39 is 23.7 Å². The highest BCUT2D eigenvalue weighted by atomic mass is 79.9. The maximum atomic E-state index is 11.8. The fraction of sp³-hybridized carbons (Fsp3) is 0.467. The normalized spacial score (nSPS) is 12.3. The first-order valence-electron chi connectivity index (χ1n) is 6.72. The third kappa shape index (κ3) is 5.31. The van der Waals surface area contributed by atoms with Crippen molar-refractivity contribution in [2.75, 3.05) is 14.2 Å². The number of carboxylic acids is 1. The second-order valence-corrected chi connectivity index (χ2v) is 6.51.